The van der Waals surface area contributed by atoms with Crippen molar-refractivity contribution >= 4 is 71.8 Å². The average molecular weight is 368 g/mol. The van der Waals surface area contributed by atoms with Crippen molar-refractivity contribution in [3.05, 3.63) is 18.8 Å². The van der Waals surface area contributed by atoms with Gasteiger partial charge in [-0.05, 0) is 58.2 Å². The molecule has 1 rings (SSSR count). The standard InChI is InChI=1S/C7H8B2I2/c1-3-2-4(10)6(9)7(11)5(3)8/h2H,8-9H2,1H3. The largest absolute Gasteiger partial charge is 0.142 e. The predicted molar refractivity (Wildman–Crippen MR) is 73.0 cm³/mol. The fraction of sp³-hybridized carbons (Fsp3) is 0.143. The Balaban J connectivity index is 3.46. The van der Waals surface area contributed by atoms with Crippen LogP contribution in [0.3, 0.4) is 0 Å². The lowest BCUT2D eigenvalue weighted by Crippen LogP contribution is -2.25. The third kappa shape index (κ3) is 1.94. The summed E-state index contributed by atoms with van der Waals surface area (Å²) in [7, 11) is 4.36. The highest BCUT2D eigenvalue weighted by molar-refractivity contribution is 14.1. The van der Waals surface area contributed by atoms with Gasteiger partial charge in [0.25, 0.3) is 0 Å². The lowest BCUT2D eigenvalue weighted by atomic mass is 9.84. The molecule has 0 aromatic heterocycles. The molecule has 0 amide bonds. The lowest BCUT2D eigenvalue weighted by molar-refractivity contribution is 1.49. The summed E-state index contributed by atoms with van der Waals surface area (Å²) < 4.78 is 2.78. The minimum absolute atomic E-state index is 1.37. The van der Waals surface area contributed by atoms with Crippen molar-refractivity contribution in [1.29, 1.82) is 0 Å². The monoisotopic (exact) mass is 368 g/mol. The summed E-state index contributed by atoms with van der Waals surface area (Å²) in [5.74, 6) is 0. The molecule has 0 unspecified atom stereocenters. The Bertz CT molecular complexity index is 271. The molecular weight excluding hydrogens is 360 g/mol. The fourth-order valence-electron chi connectivity index (χ4n) is 0.966. The van der Waals surface area contributed by atoms with Crippen molar-refractivity contribution in [1.82, 2.24) is 0 Å². The maximum absolute atomic E-state index is 2.42. The highest BCUT2D eigenvalue weighted by Gasteiger charge is 2.04. The van der Waals surface area contributed by atoms with Crippen molar-refractivity contribution in [2.24, 2.45) is 0 Å². The van der Waals surface area contributed by atoms with E-state index in [1.165, 1.54) is 23.6 Å². The minimum Gasteiger partial charge on any atom is -0.0735 e. The van der Waals surface area contributed by atoms with Crippen LogP contribution in [0.2, 0.25) is 0 Å². The Kier molecular flexibility index (Phi) is 3.31. The zero-order chi connectivity index (χ0) is 8.59. The maximum Gasteiger partial charge on any atom is 0.142 e. The number of benzene rings is 1. The highest BCUT2D eigenvalue weighted by atomic mass is 127. The zero-order valence-corrected chi connectivity index (χ0v) is 11.1. The molecule has 1 aromatic rings. The fourth-order valence-corrected chi connectivity index (χ4v) is 2.93. The van der Waals surface area contributed by atoms with Crippen molar-refractivity contribution in [3.63, 3.8) is 0 Å². The second-order valence-corrected chi connectivity index (χ2v) is 4.98. The molecule has 0 spiro atoms. The van der Waals surface area contributed by atoms with Crippen LogP contribution in [0.4, 0.5) is 0 Å². The molecule has 4 heteroatoms. The van der Waals surface area contributed by atoms with E-state index in [-0.39, 0.29) is 0 Å². The van der Waals surface area contributed by atoms with Crippen molar-refractivity contribution in [3.8, 4) is 0 Å². The van der Waals surface area contributed by atoms with E-state index in [1.54, 1.807) is 0 Å². The SMILES string of the molecule is Bc1c(C)cc(I)c(B)c1I. The molecule has 0 aliphatic heterocycles. The smallest absolute Gasteiger partial charge is 0.0735 e. The molecule has 0 nitrogen and oxygen atoms in total. The Morgan fingerprint density at radius 3 is 2.27 bits per heavy atom. The van der Waals surface area contributed by atoms with Gasteiger partial charge in [-0.25, -0.2) is 0 Å². The quantitative estimate of drug-likeness (QED) is 0.437. The minimum atomic E-state index is 1.37. The van der Waals surface area contributed by atoms with Gasteiger partial charge in [0.05, 0.1) is 0 Å². The Hall–Kier alpha value is 0.810. The van der Waals surface area contributed by atoms with E-state index < -0.39 is 0 Å². The Morgan fingerprint density at radius 1 is 1.18 bits per heavy atom. The van der Waals surface area contributed by atoms with Gasteiger partial charge >= 0.3 is 0 Å². The van der Waals surface area contributed by atoms with Crippen LogP contribution in [-0.2, 0) is 0 Å². The number of halogens is 2. The summed E-state index contributed by atoms with van der Waals surface area (Å²) in [6.45, 7) is 2.17. The van der Waals surface area contributed by atoms with Gasteiger partial charge in [0.15, 0.2) is 0 Å². The van der Waals surface area contributed by atoms with E-state index in [2.05, 4.69) is 73.9 Å². The first kappa shape index (κ1) is 9.89. The summed E-state index contributed by atoms with van der Waals surface area (Å²) in [5.41, 5.74) is 4.22. The summed E-state index contributed by atoms with van der Waals surface area (Å²) in [5, 5.41) is 0. The van der Waals surface area contributed by atoms with Crippen LogP contribution >= 0.6 is 45.2 Å². The molecule has 0 atom stereocenters. The van der Waals surface area contributed by atoms with Gasteiger partial charge in [0.2, 0.25) is 0 Å². The molecule has 0 bridgehead atoms. The van der Waals surface area contributed by atoms with Crippen LogP contribution in [0.15, 0.2) is 6.07 Å². The van der Waals surface area contributed by atoms with E-state index >= 15 is 0 Å². The molecule has 56 valence electrons. The highest BCUT2D eigenvalue weighted by Crippen LogP contribution is 2.07. The summed E-state index contributed by atoms with van der Waals surface area (Å²) in [6.07, 6.45) is 0. The van der Waals surface area contributed by atoms with E-state index in [4.69, 9.17) is 0 Å². The Labute approximate surface area is 96.6 Å². The molecule has 0 saturated heterocycles. The molecular formula is C7H8B2I2. The van der Waals surface area contributed by atoms with E-state index in [9.17, 15) is 0 Å². The van der Waals surface area contributed by atoms with E-state index in [0.717, 1.165) is 0 Å². The first-order valence-electron chi connectivity index (χ1n) is 3.46. The van der Waals surface area contributed by atoms with Gasteiger partial charge < -0.3 is 0 Å². The van der Waals surface area contributed by atoms with E-state index in [0.29, 0.717) is 0 Å². The van der Waals surface area contributed by atoms with Crippen molar-refractivity contribution in [2.75, 3.05) is 0 Å². The normalized spacial score (nSPS) is 10.1. The maximum atomic E-state index is 2.42. The zero-order valence-electron chi connectivity index (χ0n) is 6.83. The van der Waals surface area contributed by atoms with Crippen LogP contribution in [0, 0.1) is 14.1 Å². The summed E-state index contributed by atoms with van der Waals surface area (Å²) >= 11 is 4.80. The van der Waals surface area contributed by atoms with Crippen molar-refractivity contribution in [2.45, 2.75) is 6.92 Å². The molecule has 0 aliphatic rings. The van der Waals surface area contributed by atoms with Gasteiger partial charge in [-0.1, -0.05) is 16.5 Å². The van der Waals surface area contributed by atoms with Gasteiger partial charge in [-0.2, -0.15) is 0 Å². The second kappa shape index (κ2) is 3.68. The molecule has 0 saturated carbocycles. The Morgan fingerprint density at radius 2 is 1.73 bits per heavy atom. The number of rotatable bonds is 0. The van der Waals surface area contributed by atoms with E-state index in [1.807, 2.05) is 0 Å². The van der Waals surface area contributed by atoms with Crippen LogP contribution in [0.25, 0.3) is 0 Å². The molecule has 11 heavy (non-hydrogen) atoms. The molecule has 0 fully saturated rings. The summed E-state index contributed by atoms with van der Waals surface area (Å²) in [6, 6.07) is 2.24. The molecule has 0 aliphatic carbocycles. The molecule has 0 N–H and O–H groups in total. The number of hydrogen-bond acceptors (Lipinski definition) is 0. The topological polar surface area (TPSA) is 0 Å². The number of hydrogen-bond donors (Lipinski definition) is 0. The molecule has 0 radical (unpaired) electrons. The second-order valence-electron chi connectivity index (χ2n) is 2.74. The first-order valence-corrected chi connectivity index (χ1v) is 5.61. The lowest BCUT2D eigenvalue weighted by Gasteiger charge is -2.08. The average Bonchev–Trinajstić information content (AvgIpc) is 1.97. The number of aryl methyl sites for hydroxylation is 1. The first-order chi connectivity index (χ1) is 5.04. The third-order valence-corrected chi connectivity index (χ3v) is 4.69. The molecule has 1 aromatic carbocycles. The van der Waals surface area contributed by atoms with Crippen LogP contribution in [-0.4, -0.2) is 15.7 Å². The van der Waals surface area contributed by atoms with Gasteiger partial charge in [-0.15, -0.1) is 0 Å². The molecule has 0 heterocycles. The van der Waals surface area contributed by atoms with Crippen LogP contribution in [0.5, 0.6) is 0 Å². The van der Waals surface area contributed by atoms with Gasteiger partial charge in [0, 0.05) is 7.14 Å². The van der Waals surface area contributed by atoms with Gasteiger partial charge in [-0.3, -0.25) is 0 Å². The van der Waals surface area contributed by atoms with Crippen LogP contribution in [0.1, 0.15) is 5.56 Å². The van der Waals surface area contributed by atoms with Gasteiger partial charge in [0.1, 0.15) is 15.7 Å². The summed E-state index contributed by atoms with van der Waals surface area (Å²) in [4.78, 5) is 0. The third-order valence-electron chi connectivity index (χ3n) is 1.95. The van der Waals surface area contributed by atoms with Crippen LogP contribution < -0.4 is 10.9 Å². The van der Waals surface area contributed by atoms with Crippen molar-refractivity contribution < 1.29 is 0 Å². The predicted octanol–water partition coefficient (Wildman–Crippen LogP) is -0.279.